The molecule has 0 aliphatic rings. The van der Waals surface area contributed by atoms with E-state index in [9.17, 15) is 4.79 Å². The standard InChI is InChI=1S/C16H16BrNO/c17-15-8-6-14(7-9-15)16(19)12-18-11-10-13-4-2-1-3-5-13/h1-9,18H,10-12H2. The molecule has 0 aliphatic carbocycles. The molecule has 0 aromatic heterocycles. The molecule has 98 valence electrons. The number of nitrogens with one attached hydrogen (secondary N) is 1. The Kier molecular flexibility index (Phi) is 5.31. The van der Waals surface area contributed by atoms with Crippen molar-refractivity contribution in [3.8, 4) is 0 Å². The van der Waals surface area contributed by atoms with Gasteiger partial charge in [-0.3, -0.25) is 4.79 Å². The van der Waals surface area contributed by atoms with E-state index in [2.05, 4.69) is 33.4 Å². The minimum absolute atomic E-state index is 0.126. The Hall–Kier alpha value is -1.45. The first-order chi connectivity index (χ1) is 9.25. The molecule has 0 fully saturated rings. The van der Waals surface area contributed by atoms with Crippen LogP contribution >= 0.6 is 15.9 Å². The molecule has 2 aromatic rings. The quantitative estimate of drug-likeness (QED) is 0.653. The second-order valence-corrected chi connectivity index (χ2v) is 5.26. The minimum Gasteiger partial charge on any atom is -0.309 e. The molecule has 2 rings (SSSR count). The van der Waals surface area contributed by atoms with Crippen molar-refractivity contribution < 1.29 is 4.79 Å². The number of ketones is 1. The van der Waals surface area contributed by atoms with Gasteiger partial charge in [-0.05, 0) is 30.7 Å². The van der Waals surface area contributed by atoms with Crippen LogP contribution in [0.3, 0.4) is 0 Å². The molecule has 2 aromatic carbocycles. The number of rotatable bonds is 6. The van der Waals surface area contributed by atoms with Crippen LogP contribution < -0.4 is 5.32 Å². The zero-order valence-corrected chi connectivity index (χ0v) is 12.2. The van der Waals surface area contributed by atoms with Crippen LogP contribution in [0, 0.1) is 0 Å². The lowest BCUT2D eigenvalue weighted by Crippen LogP contribution is -2.25. The maximum atomic E-state index is 11.9. The Labute approximate surface area is 122 Å². The van der Waals surface area contributed by atoms with E-state index < -0.39 is 0 Å². The minimum atomic E-state index is 0.126. The van der Waals surface area contributed by atoms with Gasteiger partial charge in [0.25, 0.3) is 0 Å². The van der Waals surface area contributed by atoms with Crippen LogP contribution in [0.2, 0.25) is 0 Å². The zero-order valence-electron chi connectivity index (χ0n) is 10.6. The van der Waals surface area contributed by atoms with Crippen molar-refractivity contribution in [2.75, 3.05) is 13.1 Å². The Balaban J connectivity index is 1.74. The number of carbonyl (C=O) groups is 1. The average molecular weight is 318 g/mol. The SMILES string of the molecule is O=C(CNCCc1ccccc1)c1ccc(Br)cc1. The van der Waals surface area contributed by atoms with E-state index >= 15 is 0 Å². The summed E-state index contributed by atoms with van der Waals surface area (Å²) >= 11 is 3.36. The molecular weight excluding hydrogens is 302 g/mol. The van der Waals surface area contributed by atoms with Crippen molar-refractivity contribution >= 4 is 21.7 Å². The summed E-state index contributed by atoms with van der Waals surface area (Å²) in [7, 11) is 0. The number of benzene rings is 2. The second-order valence-electron chi connectivity index (χ2n) is 4.34. The predicted molar refractivity (Wildman–Crippen MR) is 81.5 cm³/mol. The maximum Gasteiger partial charge on any atom is 0.176 e. The van der Waals surface area contributed by atoms with Crippen molar-refractivity contribution in [2.45, 2.75) is 6.42 Å². The van der Waals surface area contributed by atoms with Gasteiger partial charge in [0.05, 0.1) is 6.54 Å². The lowest BCUT2D eigenvalue weighted by atomic mass is 10.1. The summed E-state index contributed by atoms with van der Waals surface area (Å²) in [5, 5.41) is 3.19. The fourth-order valence-corrected chi connectivity index (χ4v) is 2.08. The smallest absolute Gasteiger partial charge is 0.176 e. The molecule has 0 unspecified atom stereocenters. The number of carbonyl (C=O) groups excluding carboxylic acids is 1. The van der Waals surface area contributed by atoms with Gasteiger partial charge >= 0.3 is 0 Å². The molecule has 0 saturated carbocycles. The molecule has 19 heavy (non-hydrogen) atoms. The highest BCUT2D eigenvalue weighted by molar-refractivity contribution is 9.10. The number of Topliss-reactive ketones (excluding diaryl/α,β-unsaturated/α-hetero) is 1. The summed E-state index contributed by atoms with van der Waals surface area (Å²) in [6.45, 7) is 1.20. The van der Waals surface area contributed by atoms with Gasteiger partial charge in [0, 0.05) is 10.0 Å². The Bertz CT molecular complexity index is 522. The highest BCUT2D eigenvalue weighted by Gasteiger charge is 2.04. The Morgan fingerprint density at radius 1 is 1.00 bits per heavy atom. The zero-order chi connectivity index (χ0) is 13.5. The largest absolute Gasteiger partial charge is 0.309 e. The third kappa shape index (κ3) is 4.62. The van der Waals surface area contributed by atoms with Gasteiger partial charge in [0.1, 0.15) is 0 Å². The highest BCUT2D eigenvalue weighted by atomic mass is 79.9. The van der Waals surface area contributed by atoms with Crippen LogP contribution in [0.4, 0.5) is 0 Å². The van der Waals surface area contributed by atoms with Crippen LogP contribution in [0.5, 0.6) is 0 Å². The van der Waals surface area contributed by atoms with Crippen LogP contribution in [0.25, 0.3) is 0 Å². The van der Waals surface area contributed by atoms with Crippen molar-refractivity contribution in [1.82, 2.24) is 5.32 Å². The molecule has 2 nitrogen and oxygen atoms in total. The molecule has 3 heteroatoms. The van der Waals surface area contributed by atoms with Crippen molar-refractivity contribution in [3.63, 3.8) is 0 Å². The van der Waals surface area contributed by atoms with Gasteiger partial charge in [-0.1, -0.05) is 58.4 Å². The number of halogens is 1. The van der Waals surface area contributed by atoms with E-state index in [1.165, 1.54) is 5.56 Å². The van der Waals surface area contributed by atoms with E-state index in [1.807, 2.05) is 42.5 Å². The van der Waals surface area contributed by atoms with Gasteiger partial charge in [-0.15, -0.1) is 0 Å². The van der Waals surface area contributed by atoms with Gasteiger partial charge in [0.2, 0.25) is 0 Å². The molecule has 0 atom stereocenters. The van der Waals surface area contributed by atoms with E-state index in [0.717, 1.165) is 23.0 Å². The summed E-state index contributed by atoms with van der Waals surface area (Å²) in [5.74, 6) is 0.126. The molecule has 0 heterocycles. The normalized spacial score (nSPS) is 10.4. The maximum absolute atomic E-state index is 11.9. The van der Waals surface area contributed by atoms with Crippen LogP contribution in [-0.4, -0.2) is 18.9 Å². The molecule has 0 aliphatic heterocycles. The van der Waals surface area contributed by atoms with E-state index in [-0.39, 0.29) is 5.78 Å². The molecule has 0 radical (unpaired) electrons. The fraction of sp³-hybridized carbons (Fsp3) is 0.188. The molecular formula is C16H16BrNO. The van der Waals surface area contributed by atoms with Gasteiger partial charge < -0.3 is 5.32 Å². The summed E-state index contributed by atoms with van der Waals surface area (Å²) in [6.07, 6.45) is 0.939. The third-order valence-electron chi connectivity index (χ3n) is 2.89. The topological polar surface area (TPSA) is 29.1 Å². The first-order valence-electron chi connectivity index (χ1n) is 6.29. The monoisotopic (exact) mass is 317 g/mol. The summed E-state index contributed by atoms with van der Waals surface area (Å²) in [5.41, 5.74) is 2.03. The van der Waals surface area contributed by atoms with Crippen LogP contribution in [-0.2, 0) is 6.42 Å². The Morgan fingerprint density at radius 3 is 2.37 bits per heavy atom. The van der Waals surface area contributed by atoms with Crippen molar-refractivity contribution in [3.05, 3.63) is 70.2 Å². The van der Waals surface area contributed by atoms with Crippen LogP contribution in [0.1, 0.15) is 15.9 Å². The number of hydrogen-bond acceptors (Lipinski definition) is 2. The number of hydrogen-bond donors (Lipinski definition) is 1. The predicted octanol–water partition coefficient (Wildman–Crippen LogP) is 3.46. The third-order valence-corrected chi connectivity index (χ3v) is 3.41. The van der Waals surface area contributed by atoms with Crippen LogP contribution in [0.15, 0.2) is 59.1 Å². The summed E-state index contributed by atoms with van der Waals surface area (Å²) in [4.78, 5) is 11.9. The molecule has 0 saturated heterocycles. The lowest BCUT2D eigenvalue weighted by molar-refractivity contribution is 0.0991. The van der Waals surface area contributed by atoms with E-state index in [1.54, 1.807) is 0 Å². The molecule has 0 spiro atoms. The fourth-order valence-electron chi connectivity index (χ4n) is 1.82. The molecule has 1 N–H and O–H groups in total. The van der Waals surface area contributed by atoms with Gasteiger partial charge in [-0.2, -0.15) is 0 Å². The lowest BCUT2D eigenvalue weighted by Gasteiger charge is -2.05. The first kappa shape index (κ1) is 14.0. The van der Waals surface area contributed by atoms with Gasteiger partial charge in [-0.25, -0.2) is 0 Å². The average Bonchev–Trinajstić information content (AvgIpc) is 2.45. The van der Waals surface area contributed by atoms with E-state index in [0.29, 0.717) is 6.54 Å². The van der Waals surface area contributed by atoms with E-state index in [4.69, 9.17) is 0 Å². The summed E-state index contributed by atoms with van der Waals surface area (Å²) < 4.78 is 0.987. The van der Waals surface area contributed by atoms with Crippen molar-refractivity contribution in [1.29, 1.82) is 0 Å². The van der Waals surface area contributed by atoms with Gasteiger partial charge in [0.15, 0.2) is 5.78 Å². The first-order valence-corrected chi connectivity index (χ1v) is 7.08. The summed E-state index contributed by atoms with van der Waals surface area (Å²) in [6, 6.07) is 17.7. The highest BCUT2D eigenvalue weighted by Crippen LogP contribution is 2.10. The van der Waals surface area contributed by atoms with Crippen molar-refractivity contribution in [2.24, 2.45) is 0 Å². The second kappa shape index (κ2) is 7.22. The Morgan fingerprint density at radius 2 is 1.68 bits per heavy atom. The molecule has 0 amide bonds. The molecule has 0 bridgehead atoms.